The molecule has 3 rings (SSSR count). The van der Waals surface area contributed by atoms with E-state index < -0.39 is 30.3 Å². The number of alkyl halides is 1. The van der Waals surface area contributed by atoms with E-state index in [2.05, 4.69) is 0 Å². The van der Waals surface area contributed by atoms with E-state index in [0.29, 0.717) is 32.4 Å². The minimum Gasteiger partial charge on any atom is -0.465 e. The molecule has 2 saturated heterocycles. The minimum absolute atomic E-state index is 0.0572. The topological polar surface area (TPSA) is 85.4 Å². The Labute approximate surface area is 183 Å². The Balaban J connectivity index is 1.74. The van der Waals surface area contributed by atoms with Gasteiger partial charge in [0, 0.05) is 19.1 Å². The van der Waals surface area contributed by atoms with Crippen molar-refractivity contribution in [2.75, 3.05) is 33.4 Å². The standard InChI is InChI=1S/C22H35FN2O6/c1-4-30-20(26)18-9-7-16(23)13-24(18)17-8-6-14-12-25(22(28)29-3)19(11-15(14)10-17)21(27)31-5-2/h14-19H,4-13H2,1-3H3. The summed E-state index contributed by atoms with van der Waals surface area (Å²) < 4.78 is 29.6. The molecule has 0 N–H and O–H groups in total. The van der Waals surface area contributed by atoms with Gasteiger partial charge in [0.25, 0.3) is 0 Å². The number of hydrogen-bond donors (Lipinski definition) is 0. The predicted molar refractivity (Wildman–Crippen MR) is 110 cm³/mol. The highest BCUT2D eigenvalue weighted by Gasteiger charge is 2.47. The quantitative estimate of drug-likeness (QED) is 0.478. The number of piperidine rings is 2. The number of rotatable bonds is 5. The van der Waals surface area contributed by atoms with Crippen LogP contribution in [0.5, 0.6) is 0 Å². The van der Waals surface area contributed by atoms with Crippen LogP contribution in [0.25, 0.3) is 0 Å². The number of ether oxygens (including phenoxy) is 3. The van der Waals surface area contributed by atoms with Crippen LogP contribution in [0.2, 0.25) is 0 Å². The molecule has 0 aromatic rings. The first-order chi connectivity index (χ1) is 14.9. The van der Waals surface area contributed by atoms with E-state index in [1.807, 2.05) is 4.90 Å². The van der Waals surface area contributed by atoms with Crippen molar-refractivity contribution in [2.24, 2.45) is 11.8 Å². The molecular formula is C22H35FN2O6. The van der Waals surface area contributed by atoms with Crippen molar-refractivity contribution >= 4 is 18.0 Å². The Morgan fingerprint density at radius 2 is 1.55 bits per heavy atom. The van der Waals surface area contributed by atoms with E-state index >= 15 is 0 Å². The third kappa shape index (κ3) is 5.30. The van der Waals surface area contributed by atoms with Gasteiger partial charge in [-0.1, -0.05) is 0 Å². The zero-order chi connectivity index (χ0) is 22.5. The molecule has 8 nitrogen and oxygen atoms in total. The highest BCUT2D eigenvalue weighted by molar-refractivity contribution is 5.81. The number of nitrogens with zero attached hydrogens (tertiary/aromatic N) is 2. The molecule has 176 valence electrons. The highest BCUT2D eigenvalue weighted by Crippen LogP contribution is 2.42. The van der Waals surface area contributed by atoms with Crippen molar-refractivity contribution in [3.8, 4) is 0 Å². The summed E-state index contributed by atoms with van der Waals surface area (Å²) in [7, 11) is 1.31. The van der Waals surface area contributed by atoms with Gasteiger partial charge in [0.15, 0.2) is 0 Å². The number of carbonyl (C=O) groups is 3. The number of hydrogen-bond acceptors (Lipinski definition) is 7. The summed E-state index contributed by atoms with van der Waals surface area (Å²) >= 11 is 0. The molecular weight excluding hydrogens is 407 g/mol. The molecule has 6 atom stereocenters. The van der Waals surface area contributed by atoms with Gasteiger partial charge in [-0.2, -0.15) is 0 Å². The van der Waals surface area contributed by atoms with E-state index in [0.717, 1.165) is 19.3 Å². The first-order valence-electron chi connectivity index (χ1n) is 11.5. The molecule has 0 bridgehead atoms. The van der Waals surface area contributed by atoms with Crippen molar-refractivity contribution in [3.05, 3.63) is 0 Å². The second kappa shape index (κ2) is 10.6. The van der Waals surface area contributed by atoms with E-state index in [1.54, 1.807) is 13.8 Å². The van der Waals surface area contributed by atoms with E-state index in [1.165, 1.54) is 12.0 Å². The van der Waals surface area contributed by atoms with Crippen LogP contribution in [-0.4, -0.2) is 85.5 Å². The fourth-order valence-corrected chi connectivity index (χ4v) is 5.55. The van der Waals surface area contributed by atoms with Crippen molar-refractivity contribution in [3.63, 3.8) is 0 Å². The summed E-state index contributed by atoms with van der Waals surface area (Å²) in [6.45, 7) is 4.75. The van der Waals surface area contributed by atoms with Crippen molar-refractivity contribution in [2.45, 2.75) is 76.7 Å². The normalized spacial score (nSPS) is 33.9. The van der Waals surface area contributed by atoms with Crippen LogP contribution in [0.3, 0.4) is 0 Å². The van der Waals surface area contributed by atoms with Gasteiger partial charge >= 0.3 is 18.0 Å². The molecule has 2 heterocycles. The Hall–Kier alpha value is -1.90. The maximum Gasteiger partial charge on any atom is 0.410 e. The maximum absolute atomic E-state index is 14.3. The molecule has 1 saturated carbocycles. The molecule has 3 fully saturated rings. The number of methoxy groups -OCH3 is 1. The lowest BCUT2D eigenvalue weighted by molar-refractivity contribution is -0.155. The summed E-state index contributed by atoms with van der Waals surface area (Å²) in [5, 5.41) is 0. The monoisotopic (exact) mass is 442 g/mol. The summed E-state index contributed by atoms with van der Waals surface area (Å²) in [4.78, 5) is 40.8. The van der Waals surface area contributed by atoms with Crippen LogP contribution in [0.1, 0.15) is 52.4 Å². The number of carbonyl (C=O) groups excluding carboxylic acids is 3. The maximum atomic E-state index is 14.3. The Morgan fingerprint density at radius 1 is 0.871 bits per heavy atom. The zero-order valence-electron chi connectivity index (χ0n) is 18.8. The van der Waals surface area contributed by atoms with Gasteiger partial charge in [0.05, 0.1) is 20.3 Å². The van der Waals surface area contributed by atoms with E-state index in [-0.39, 0.29) is 37.0 Å². The Morgan fingerprint density at radius 3 is 2.19 bits per heavy atom. The Kier molecular flexibility index (Phi) is 8.13. The molecule has 2 aliphatic heterocycles. The van der Waals surface area contributed by atoms with Crippen LogP contribution in [0.4, 0.5) is 9.18 Å². The number of amides is 1. The summed E-state index contributed by atoms with van der Waals surface area (Å²) in [6, 6.07) is -1.03. The molecule has 3 aliphatic rings. The van der Waals surface area contributed by atoms with Crippen LogP contribution in [0, 0.1) is 11.8 Å². The van der Waals surface area contributed by atoms with Gasteiger partial charge < -0.3 is 14.2 Å². The molecule has 0 radical (unpaired) electrons. The molecule has 1 amide bonds. The minimum atomic E-state index is -0.947. The highest BCUT2D eigenvalue weighted by atomic mass is 19.1. The fraction of sp³-hybridized carbons (Fsp3) is 0.864. The SMILES string of the molecule is CCOC(=O)C1CC2CC(N3CC(F)CCC3C(=O)OCC)CCC2CN1C(=O)OC. The first-order valence-corrected chi connectivity index (χ1v) is 11.5. The lowest BCUT2D eigenvalue weighted by Gasteiger charge is -2.50. The number of halogens is 1. The number of fused-ring (bicyclic) bond motifs is 1. The van der Waals surface area contributed by atoms with Crippen LogP contribution in [0.15, 0.2) is 0 Å². The predicted octanol–water partition coefficient (Wildman–Crippen LogP) is 2.54. The van der Waals surface area contributed by atoms with Crippen molar-refractivity contribution < 1.29 is 33.0 Å². The number of esters is 2. The molecule has 0 aromatic carbocycles. The van der Waals surface area contributed by atoms with Gasteiger partial charge in [0.2, 0.25) is 0 Å². The lowest BCUT2D eigenvalue weighted by atomic mass is 9.70. The van der Waals surface area contributed by atoms with Gasteiger partial charge in [-0.15, -0.1) is 0 Å². The Bertz CT molecular complexity index is 662. The largest absolute Gasteiger partial charge is 0.465 e. The summed E-state index contributed by atoms with van der Waals surface area (Å²) in [5.74, 6) is -0.258. The zero-order valence-corrected chi connectivity index (χ0v) is 18.8. The molecule has 31 heavy (non-hydrogen) atoms. The second-order valence-electron chi connectivity index (χ2n) is 8.75. The van der Waals surface area contributed by atoms with Crippen molar-refractivity contribution in [1.29, 1.82) is 0 Å². The smallest absolute Gasteiger partial charge is 0.410 e. The first kappa shape index (κ1) is 23.8. The molecule has 6 unspecified atom stereocenters. The average molecular weight is 443 g/mol. The number of likely N-dealkylation sites (tertiary alicyclic amines) is 2. The average Bonchev–Trinajstić information content (AvgIpc) is 2.77. The summed E-state index contributed by atoms with van der Waals surface area (Å²) in [5.41, 5.74) is 0. The van der Waals surface area contributed by atoms with Gasteiger partial charge in [-0.25, -0.2) is 14.0 Å². The molecule has 9 heteroatoms. The summed E-state index contributed by atoms with van der Waals surface area (Å²) in [6.07, 6.45) is 2.30. The third-order valence-corrected chi connectivity index (χ3v) is 7.00. The molecule has 1 aliphatic carbocycles. The molecule has 0 spiro atoms. The lowest BCUT2D eigenvalue weighted by Crippen LogP contribution is -2.59. The van der Waals surface area contributed by atoms with E-state index in [4.69, 9.17) is 14.2 Å². The van der Waals surface area contributed by atoms with Crippen LogP contribution in [-0.2, 0) is 23.8 Å². The molecule has 0 aromatic heterocycles. The fourth-order valence-electron chi connectivity index (χ4n) is 5.55. The van der Waals surface area contributed by atoms with Gasteiger partial charge in [-0.05, 0) is 64.2 Å². The van der Waals surface area contributed by atoms with E-state index in [9.17, 15) is 18.8 Å². The van der Waals surface area contributed by atoms with Crippen LogP contribution < -0.4 is 0 Å². The van der Waals surface area contributed by atoms with Crippen molar-refractivity contribution in [1.82, 2.24) is 9.80 Å². The van der Waals surface area contributed by atoms with Gasteiger partial charge in [-0.3, -0.25) is 14.6 Å². The van der Waals surface area contributed by atoms with Gasteiger partial charge in [0.1, 0.15) is 18.3 Å². The second-order valence-corrected chi connectivity index (χ2v) is 8.75. The third-order valence-electron chi connectivity index (χ3n) is 7.00. The van der Waals surface area contributed by atoms with Crippen LogP contribution >= 0.6 is 0 Å².